The Balaban J connectivity index is 1.81. The van der Waals surface area contributed by atoms with E-state index in [0.29, 0.717) is 5.56 Å². The molecule has 0 radical (unpaired) electrons. The van der Waals surface area contributed by atoms with Crippen LogP contribution in [0.15, 0.2) is 81.4 Å². The molecule has 0 bridgehead atoms. The third-order valence-corrected chi connectivity index (χ3v) is 6.72. The van der Waals surface area contributed by atoms with Crippen LogP contribution in [-0.2, 0) is 11.8 Å². The average molecular weight is 484 g/mol. The van der Waals surface area contributed by atoms with Gasteiger partial charge in [-0.1, -0.05) is 65.0 Å². The highest BCUT2D eigenvalue weighted by Crippen LogP contribution is 2.32. The zero-order valence-electron chi connectivity index (χ0n) is 22.9. The molecular formula is C32H41N3O. The van der Waals surface area contributed by atoms with E-state index in [1.54, 1.807) is 0 Å². The van der Waals surface area contributed by atoms with Crippen molar-refractivity contribution < 1.29 is 4.79 Å². The predicted octanol–water partition coefficient (Wildman–Crippen LogP) is 7.96. The molecule has 3 rings (SSSR count). The second-order valence-electron chi connectivity index (χ2n) is 10.5. The van der Waals surface area contributed by atoms with Gasteiger partial charge < -0.3 is 5.32 Å². The molecule has 4 nitrogen and oxygen atoms in total. The first-order valence-electron chi connectivity index (χ1n) is 13.1. The third-order valence-electron chi connectivity index (χ3n) is 6.72. The lowest BCUT2D eigenvalue weighted by Crippen LogP contribution is -2.14. The summed E-state index contributed by atoms with van der Waals surface area (Å²) in [5, 5.41) is 3.08. The number of rotatable bonds is 8. The van der Waals surface area contributed by atoms with Crippen molar-refractivity contribution in [1.29, 1.82) is 0 Å². The number of carbonyl (C=O) groups excluding carboxylic acids is 1. The first-order valence-corrected chi connectivity index (χ1v) is 13.1. The number of amides is 1. The van der Waals surface area contributed by atoms with Crippen LogP contribution >= 0.6 is 0 Å². The van der Waals surface area contributed by atoms with Gasteiger partial charge in [0.05, 0.1) is 11.7 Å². The lowest BCUT2D eigenvalue weighted by Gasteiger charge is -2.20. The van der Waals surface area contributed by atoms with Gasteiger partial charge in [-0.05, 0) is 79.5 Å². The van der Waals surface area contributed by atoms with E-state index >= 15 is 0 Å². The number of allylic oxidation sites excluding steroid dienone is 2. The Morgan fingerprint density at radius 1 is 1.14 bits per heavy atom. The molecule has 1 N–H and O–H groups in total. The molecule has 0 spiro atoms. The van der Waals surface area contributed by atoms with E-state index in [-0.39, 0.29) is 23.3 Å². The second-order valence-corrected chi connectivity index (χ2v) is 10.5. The molecule has 2 aromatic carbocycles. The molecule has 2 aromatic rings. The number of aliphatic imine (C=N–C) groups is 2. The van der Waals surface area contributed by atoms with Gasteiger partial charge in [-0.25, -0.2) is 0 Å². The summed E-state index contributed by atoms with van der Waals surface area (Å²) in [6.45, 7) is 15.0. The highest BCUT2D eigenvalue weighted by molar-refractivity contribution is 6.04. The molecule has 1 amide bonds. The summed E-state index contributed by atoms with van der Waals surface area (Å²) in [4.78, 5) is 22.4. The molecule has 4 heteroatoms. The highest BCUT2D eigenvalue weighted by Gasteiger charge is 2.24. The number of hydrogen-bond donors (Lipinski definition) is 1. The number of carbonyl (C=O) groups is 1. The van der Waals surface area contributed by atoms with Crippen LogP contribution in [0.5, 0.6) is 0 Å². The number of anilines is 1. The third kappa shape index (κ3) is 6.69. The Labute approximate surface area is 217 Å². The number of nitrogens with one attached hydrogen (secondary N) is 1. The van der Waals surface area contributed by atoms with Crippen LogP contribution < -0.4 is 5.32 Å². The van der Waals surface area contributed by atoms with Crippen LogP contribution in [0, 0.1) is 5.92 Å². The van der Waals surface area contributed by atoms with Crippen molar-refractivity contribution in [3.63, 3.8) is 0 Å². The largest absolute Gasteiger partial charge is 0.322 e. The van der Waals surface area contributed by atoms with Crippen molar-refractivity contribution in [2.45, 2.75) is 79.2 Å². The first-order chi connectivity index (χ1) is 17.2. The van der Waals surface area contributed by atoms with E-state index in [0.717, 1.165) is 36.2 Å². The Bertz CT molecular complexity index is 1180. The summed E-state index contributed by atoms with van der Waals surface area (Å²) in [6.07, 6.45) is 8.95. The second kappa shape index (κ2) is 12.1. The fourth-order valence-corrected chi connectivity index (χ4v) is 4.63. The number of nitrogens with zero attached hydrogens (tertiary/aromatic N) is 2. The number of benzene rings is 2. The molecule has 1 heterocycles. The summed E-state index contributed by atoms with van der Waals surface area (Å²) in [6, 6.07) is 16.2. The molecule has 190 valence electrons. The van der Waals surface area contributed by atoms with E-state index in [1.807, 2.05) is 55.8 Å². The van der Waals surface area contributed by atoms with E-state index in [9.17, 15) is 4.79 Å². The summed E-state index contributed by atoms with van der Waals surface area (Å²) in [5.74, 6) is 0.160. The average Bonchev–Trinajstić information content (AvgIpc) is 3.21. The van der Waals surface area contributed by atoms with Gasteiger partial charge in [0.1, 0.15) is 0 Å². The minimum absolute atomic E-state index is 0.0601. The Kier molecular flexibility index (Phi) is 9.19. The van der Waals surface area contributed by atoms with Gasteiger partial charge in [0, 0.05) is 35.2 Å². The van der Waals surface area contributed by atoms with Crippen LogP contribution in [0.25, 0.3) is 0 Å². The maximum atomic E-state index is 12.9. The maximum absolute atomic E-state index is 12.9. The first kappa shape index (κ1) is 27.3. The number of hydrogen-bond acceptors (Lipinski definition) is 3. The maximum Gasteiger partial charge on any atom is 0.255 e. The fourth-order valence-electron chi connectivity index (χ4n) is 4.63. The molecule has 0 saturated heterocycles. The van der Waals surface area contributed by atoms with Crippen molar-refractivity contribution in [1.82, 2.24) is 0 Å². The molecule has 2 unspecified atom stereocenters. The van der Waals surface area contributed by atoms with Crippen molar-refractivity contribution in [2.24, 2.45) is 15.9 Å². The van der Waals surface area contributed by atoms with Crippen LogP contribution in [0.2, 0.25) is 0 Å². The van der Waals surface area contributed by atoms with Crippen molar-refractivity contribution in [3.8, 4) is 0 Å². The van der Waals surface area contributed by atoms with Gasteiger partial charge in [0.15, 0.2) is 0 Å². The molecule has 1 aliphatic heterocycles. The van der Waals surface area contributed by atoms with Crippen LogP contribution in [0.1, 0.15) is 82.8 Å². The molecule has 0 aromatic heterocycles. The van der Waals surface area contributed by atoms with Crippen LogP contribution in [0.3, 0.4) is 0 Å². The smallest absolute Gasteiger partial charge is 0.255 e. The van der Waals surface area contributed by atoms with Gasteiger partial charge >= 0.3 is 0 Å². The molecule has 2 atom stereocenters. The van der Waals surface area contributed by atoms with Gasteiger partial charge in [0.2, 0.25) is 0 Å². The minimum atomic E-state index is -0.0939. The van der Waals surface area contributed by atoms with Crippen molar-refractivity contribution in [2.75, 3.05) is 5.32 Å². The normalized spacial score (nSPS) is 19.2. The van der Waals surface area contributed by atoms with Crippen molar-refractivity contribution >= 4 is 24.0 Å². The Morgan fingerprint density at radius 3 is 2.47 bits per heavy atom. The SMILES string of the molecule is CC=N/C(=C1/C=NC(C)/C1=C\CC)C(CC)Cc1cccc(NC(=O)c2ccc(C(C)(C)C)cc2)c1. The van der Waals surface area contributed by atoms with Gasteiger partial charge in [-0.15, -0.1) is 0 Å². The molecule has 0 fully saturated rings. The van der Waals surface area contributed by atoms with E-state index in [4.69, 9.17) is 4.99 Å². The fraction of sp³-hybridized carbons (Fsp3) is 0.406. The minimum Gasteiger partial charge on any atom is -0.322 e. The quantitative estimate of drug-likeness (QED) is 0.380. The van der Waals surface area contributed by atoms with Gasteiger partial charge in [-0.2, -0.15) is 0 Å². The molecule has 36 heavy (non-hydrogen) atoms. The van der Waals surface area contributed by atoms with E-state index in [1.165, 1.54) is 16.7 Å². The molecule has 0 saturated carbocycles. The summed E-state index contributed by atoms with van der Waals surface area (Å²) in [7, 11) is 0. The van der Waals surface area contributed by atoms with Crippen LogP contribution in [0.4, 0.5) is 5.69 Å². The summed E-state index contributed by atoms with van der Waals surface area (Å²) < 4.78 is 0. The lowest BCUT2D eigenvalue weighted by atomic mass is 9.86. The lowest BCUT2D eigenvalue weighted by molar-refractivity contribution is 0.102. The van der Waals surface area contributed by atoms with Gasteiger partial charge in [0.25, 0.3) is 5.91 Å². The molecular weight excluding hydrogens is 442 g/mol. The molecule has 0 aliphatic carbocycles. The van der Waals surface area contributed by atoms with Crippen LogP contribution in [-0.4, -0.2) is 24.4 Å². The topological polar surface area (TPSA) is 53.8 Å². The zero-order valence-corrected chi connectivity index (χ0v) is 22.9. The van der Waals surface area contributed by atoms with Gasteiger partial charge in [-0.3, -0.25) is 14.8 Å². The highest BCUT2D eigenvalue weighted by atomic mass is 16.1. The Morgan fingerprint density at radius 2 is 1.86 bits per heavy atom. The molecule has 1 aliphatic rings. The standard InChI is InChI=1S/C32H41N3O/c1-8-12-28-22(4)34-21-29(28)30(33-10-3)24(9-2)19-23-13-11-14-27(20-23)35-31(36)25-15-17-26(18-16-25)32(5,6)7/h10-18,20-22,24H,8-9,19H2,1-7H3,(H,35,36)/b28-12+,30-29-,33-10?. The van der Waals surface area contributed by atoms with E-state index < -0.39 is 0 Å². The summed E-state index contributed by atoms with van der Waals surface area (Å²) >= 11 is 0. The predicted molar refractivity (Wildman–Crippen MR) is 155 cm³/mol. The zero-order chi connectivity index (χ0) is 26.3. The monoisotopic (exact) mass is 483 g/mol. The van der Waals surface area contributed by atoms with Crippen molar-refractivity contribution in [3.05, 3.63) is 88.1 Å². The Hall–Kier alpha value is -3.27. The van der Waals surface area contributed by atoms with E-state index in [2.05, 4.69) is 70.1 Å². The summed E-state index contributed by atoms with van der Waals surface area (Å²) in [5.41, 5.74) is 7.46.